The third-order valence-electron chi connectivity index (χ3n) is 11.1. The highest BCUT2D eigenvalue weighted by atomic mass is 16.5. The van der Waals surface area contributed by atoms with E-state index >= 15 is 0 Å². The van der Waals surface area contributed by atoms with Gasteiger partial charge >= 0.3 is 0 Å². The summed E-state index contributed by atoms with van der Waals surface area (Å²) in [5.41, 5.74) is 1.73. The predicted molar refractivity (Wildman–Crippen MR) is 153 cm³/mol. The fourth-order valence-corrected chi connectivity index (χ4v) is 9.45. The number of nitrogens with zero attached hydrogens (tertiary/aromatic N) is 1. The molecule has 0 aromatic heterocycles. The number of benzene rings is 3. The number of hydrogen-bond acceptors (Lipinski definition) is 5. The molecule has 2 fully saturated rings. The number of likely N-dealkylation sites (tertiary alicyclic amines) is 1. The zero-order chi connectivity index (χ0) is 27.3. The first-order chi connectivity index (χ1) is 19.3. The van der Waals surface area contributed by atoms with Gasteiger partial charge in [-0.2, -0.15) is 0 Å². The minimum Gasteiger partial charge on any atom is -0.485 e. The number of likely N-dealkylation sites (N-methyl/N-ethyl adjacent to an activating group) is 1. The van der Waals surface area contributed by atoms with E-state index in [1.54, 1.807) is 0 Å². The van der Waals surface area contributed by atoms with Crippen LogP contribution in [0, 0.1) is 11.3 Å². The maximum absolute atomic E-state index is 12.7. The van der Waals surface area contributed by atoms with Crippen LogP contribution in [0.25, 0.3) is 0 Å². The zero-order valence-corrected chi connectivity index (χ0v) is 23.2. The van der Waals surface area contributed by atoms with Gasteiger partial charge in [-0.1, -0.05) is 78.9 Å². The predicted octanol–water partition coefficient (Wildman–Crippen LogP) is 4.83. The van der Waals surface area contributed by atoms with E-state index in [1.807, 2.05) is 49.4 Å². The average Bonchev–Trinajstić information content (AvgIpc) is 3.33. The van der Waals surface area contributed by atoms with Gasteiger partial charge in [0, 0.05) is 29.4 Å². The highest BCUT2D eigenvalue weighted by molar-refractivity contribution is 5.65. The molecular weight excluding hydrogens is 498 g/mol. The minimum absolute atomic E-state index is 0.239. The van der Waals surface area contributed by atoms with Crippen molar-refractivity contribution in [2.24, 2.45) is 11.3 Å². The SMILES string of the molecule is CN1CCC23c4c5ccc(OCc6ccccc6)c4OC2C2(O)C=CC3(CC2C(C)(O)Cc2ccccc2)C1C5. The molecule has 3 aromatic rings. The monoisotopic (exact) mass is 535 g/mol. The van der Waals surface area contributed by atoms with Gasteiger partial charge in [-0.05, 0) is 62.5 Å². The summed E-state index contributed by atoms with van der Waals surface area (Å²) < 4.78 is 13.4. The quantitative estimate of drug-likeness (QED) is 0.443. The Morgan fingerprint density at radius 1 is 1.00 bits per heavy atom. The largest absolute Gasteiger partial charge is 0.485 e. The van der Waals surface area contributed by atoms with Gasteiger partial charge in [-0.15, -0.1) is 0 Å². The van der Waals surface area contributed by atoms with Crippen molar-refractivity contribution < 1.29 is 19.7 Å². The normalized spacial score (nSPS) is 36.0. The molecule has 40 heavy (non-hydrogen) atoms. The molecule has 0 amide bonds. The first kappa shape index (κ1) is 24.7. The van der Waals surface area contributed by atoms with Crippen molar-refractivity contribution in [3.05, 3.63) is 107 Å². The molecule has 2 spiro atoms. The lowest BCUT2D eigenvalue weighted by Gasteiger charge is -2.71. The molecule has 9 rings (SSSR count). The summed E-state index contributed by atoms with van der Waals surface area (Å²) in [5.74, 6) is 1.17. The van der Waals surface area contributed by atoms with Crippen molar-refractivity contribution in [2.45, 2.75) is 68.0 Å². The first-order valence-corrected chi connectivity index (χ1v) is 14.7. The smallest absolute Gasteiger partial charge is 0.166 e. The van der Waals surface area contributed by atoms with Crippen LogP contribution in [0.15, 0.2) is 84.9 Å². The van der Waals surface area contributed by atoms with E-state index in [4.69, 9.17) is 9.47 Å². The third kappa shape index (κ3) is 3.03. The Kier molecular flexibility index (Phi) is 5.07. The Morgan fingerprint density at radius 2 is 1.73 bits per heavy atom. The van der Waals surface area contributed by atoms with E-state index in [0.29, 0.717) is 13.0 Å². The van der Waals surface area contributed by atoms with E-state index in [0.717, 1.165) is 48.4 Å². The summed E-state index contributed by atoms with van der Waals surface area (Å²) >= 11 is 0. The Hall–Kier alpha value is -3.12. The number of aliphatic hydroxyl groups is 2. The second kappa shape index (κ2) is 8.22. The van der Waals surface area contributed by atoms with Gasteiger partial charge in [-0.25, -0.2) is 0 Å². The molecule has 2 N–H and O–H groups in total. The summed E-state index contributed by atoms with van der Waals surface area (Å²) in [4.78, 5) is 2.51. The van der Waals surface area contributed by atoms with Crippen molar-refractivity contribution in [3.63, 3.8) is 0 Å². The first-order valence-electron chi connectivity index (χ1n) is 14.7. The van der Waals surface area contributed by atoms with Crippen molar-refractivity contribution in [2.75, 3.05) is 13.6 Å². The molecule has 7 unspecified atom stereocenters. The lowest BCUT2D eigenvalue weighted by atomic mass is 9.36. The van der Waals surface area contributed by atoms with Gasteiger partial charge in [0.1, 0.15) is 18.3 Å². The van der Waals surface area contributed by atoms with Crippen molar-refractivity contribution >= 4 is 0 Å². The third-order valence-corrected chi connectivity index (χ3v) is 11.1. The molecule has 5 heteroatoms. The van der Waals surface area contributed by atoms with Gasteiger partial charge in [0.15, 0.2) is 11.5 Å². The number of rotatable bonds is 6. The van der Waals surface area contributed by atoms with Crippen LogP contribution in [0.2, 0.25) is 0 Å². The summed E-state index contributed by atoms with van der Waals surface area (Å²) in [6.45, 7) is 3.32. The Labute approximate surface area is 236 Å². The second-order valence-corrected chi connectivity index (χ2v) is 13.2. The molecule has 4 bridgehead atoms. The number of fused-ring (bicyclic) bond motifs is 1. The lowest BCUT2D eigenvalue weighted by molar-refractivity contribution is -0.237. The standard InChI is InChI=1S/C35H37NO4/c1-32(37,20-23-9-5-3-6-10-23)27-21-33-15-16-35(27,38)31-34(33)17-18-36(2)28(33)19-25-13-14-26(30(40-31)29(25)34)39-22-24-11-7-4-8-12-24/h3-16,27-28,31,37-38H,17-22H2,1-2H3. The van der Waals surface area contributed by atoms with Crippen LogP contribution >= 0.6 is 0 Å². The van der Waals surface area contributed by atoms with E-state index in [2.05, 4.69) is 54.4 Å². The molecule has 1 saturated carbocycles. The molecule has 206 valence electrons. The molecule has 7 atom stereocenters. The summed E-state index contributed by atoms with van der Waals surface area (Å²) in [6, 6.07) is 24.9. The van der Waals surface area contributed by atoms with Gasteiger partial charge in [-0.3, -0.25) is 0 Å². The Balaban J connectivity index is 1.25. The fourth-order valence-electron chi connectivity index (χ4n) is 9.45. The summed E-state index contributed by atoms with van der Waals surface area (Å²) in [6.07, 6.45) is 6.88. The second-order valence-electron chi connectivity index (χ2n) is 13.2. The Bertz CT molecular complexity index is 1500. The van der Waals surface area contributed by atoms with Gasteiger partial charge < -0.3 is 24.6 Å². The number of piperidine rings is 1. The van der Waals surface area contributed by atoms with Crippen molar-refractivity contribution in [1.82, 2.24) is 4.90 Å². The Morgan fingerprint density at radius 3 is 2.48 bits per heavy atom. The van der Waals surface area contributed by atoms with Gasteiger partial charge in [0.25, 0.3) is 0 Å². The van der Waals surface area contributed by atoms with Crippen LogP contribution in [0.5, 0.6) is 11.5 Å². The van der Waals surface area contributed by atoms with Gasteiger partial charge in [0.05, 0.1) is 11.0 Å². The molecule has 2 heterocycles. The van der Waals surface area contributed by atoms with Crippen molar-refractivity contribution in [1.29, 1.82) is 0 Å². The maximum Gasteiger partial charge on any atom is 0.166 e. The fraction of sp³-hybridized carbons (Fsp3) is 0.429. The minimum atomic E-state index is -1.30. The number of ether oxygens (including phenoxy) is 2. The van der Waals surface area contributed by atoms with E-state index in [9.17, 15) is 10.2 Å². The van der Waals surface area contributed by atoms with Crippen LogP contribution in [0.1, 0.15) is 42.0 Å². The summed E-state index contributed by atoms with van der Waals surface area (Å²) in [7, 11) is 2.24. The highest BCUT2D eigenvalue weighted by Crippen LogP contribution is 2.75. The number of hydrogen-bond donors (Lipinski definition) is 2. The highest BCUT2D eigenvalue weighted by Gasteiger charge is 2.79. The average molecular weight is 536 g/mol. The molecular formula is C35H37NO4. The molecule has 5 nitrogen and oxygen atoms in total. The van der Waals surface area contributed by atoms with Crippen LogP contribution in [-0.4, -0.2) is 52.1 Å². The molecule has 1 saturated heterocycles. The molecule has 0 radical (unpaired) electrons. The topological polar surface area (TPSA) is 62.2 Å². The van der Waals surface area contributed by atoms with E-state index < -0.39 is 17.3 Å². The summed E-state index contributed by atoms with van der Waals surface area (Å²) in [5, 5.41) is 24.9. The van der Waals surface area contributed by atoms with Crippen LogP contribution < -0.4 is 9.47 Å². The lowest BCUT2D eigenvalue weighted by Crippen LogP contribution is -2.80. The molecule has 3 aromatic carbocycles. The molecule has 2 aliphatic heterocycles. The van der Waals surface area contributed by atoms with E-state index in [1.165, 1.54) is 11.1 Å². The van der Waals surface area contributed by atoms with Crippen LogP contribution in [0.4, 0.5) is 0 Å². The van der Waals surface area contributed by atoms with Crippen molar-refractivity contribution in [3.8, 4) is 11.5 Å². The molecule has 6 aliphatic rings. The zero-order valence-electron chi connectivity index (χ0n) is 23.2. The van der Waals surface area contributed by atoms with E-state index in [-0.39, 0.29) is 22.8 Å². The molecule has 4 aliphatic carbocycles. The van der Waals surface area contributed by atoms with Crippen LogP contribution in [-0.2, 0) is 24.9 Å². The van der Waals surface area contributed by atoms with Crippen LogP contribution in [0.3, 0.4) is 0 Å². The van der Waals surface area contributed by atoms with Gasteiger partial charge in [0.2, 0.25) is 0 Å². The maximum atomic E-state index is 12.7.